The van der Waals surface area contributed by atoms with E-state index in [0.717, 1.165) is 24.3 Å². The second kappa shape index (κ2) is 12.3. The van der Waals surface area contributed by atoms with Crippen molar-refractivity contribution in [3.8, 4) is 11.8 Å². The van der Waals surface area contributed by atoms with Crippen LogP contribution in [0.5, 0.6) is 5.75 Å². The number of ether oxygens (including phenoxy) is 2. The van der Waals surface area contributed by atoms with Crippen molar-refractivity contribution in [2.75, 3.05) is 51.4 Å². The topological polar surface area (TPSA) is 107 Å². The molecular weight excluding hydrogens is 458 g/mol. The number of piperidine rings is 1. The van der Waals surface area contributed by atoms with Crippen LogP contribution in [0.3, 0.4) is 0 Å². The fourth-order valence-corrected chi connectivity index (χ4v) is 5.54. The third-order valence-electron chi connectivity index (χ3n) is 7.82. The lowest BCUT2D eigenvalue weighted by atomic mass is 9.84. The van der Waals surface area contributed by atoms with Gasteiger partial charge in [-0.15, -0.1) is 0 Å². The number of anilines is 1. The number of hydrogen-bond donors (Lipinski definition) is 2. The van der Waals surface area contributed by atoms with Crippen molar-refractivity contribution in [3.05, 3.63) is 24.3 Å². The summed E-state index contributed by atoms with van der Waals surface area (Å²) in [6.07, 6.45) is 7.36. The summed E-state index contributed by atoms with van der Waals surface area (Å²) >= 11 is 0. The van der Waals surface area contributed by atoms with Crippen LogP contribution in [0.25, 0.3) is 0 Å². The molecule has 1 saturated carbocycles. The summed E-state index contributed by atoms with van der Waals surface area (Å²) < 4.78 is 10.7. The van der Waals surface area contributed by atoms with Gasteiger partial charge >= 0.3 is 6.03 Å². The highest BCUT2D eigenvalue weighted by Gasteiger charge is 2.39. The molecule has 2 saturated heterocycles. The monoisotopic (exact) mass is 497 g/mol. The summed E-state index contributed by atoms with van der Waals surface area (Å²) in [4.78, 5) is 30.4. The molecule has 2 heterocycles. The van der Waals surface area contributed by atoms with Crippen LogP contribution in [0.2, 0.25) is 0 Å². The highest BCUT2D eigenvalue weighted by Crippen LogP contribution is 2.30. The molecule has 0 bridgehead atoms. The first-order chi connectivity index (χ1) is 17.5. The number of carbonyl (C=O) groups is 2. The number of urea groups is 1. The summed E-state index contributed by atoms with van der Waals surface area (Å²) in [5.41, 5.74) is 0.0983. The van der Waals surface area contributed by atoms with Gasteiger partial charge in [-0.1, -0.05) is 38.2 Å². The normalized spacial score (nSPS) is 21.2. The maximum Gasteiger partial charge on any atom is 0.318 e. The van der Waals surface area contributed by atoms with E-state index in [4.69, 9.17) is 9.47 Å². The number of amides is 3. The number of nitrogens with zero attached hydrogens (tertiary/aromatic N) is 3. The molecule has 1 aliphatic carbocycles. The van der Waals surface area contributed by atoms with Crippen LogP contribution < -0.4 is 20.3 Å². The molecule has 0 radical (unpaired) electrons. The Morgan fingerprint density at radius 3 is 2.56 bits per heavy atom. The Labute approximate surface area is 214 Å². The van der Waals surface area contributed by atoms with Gasteiger partial charge in [0.25, 0.3) is 0 Å². The number of carbonyl (C=O) groups excluding carboxylic acids is 2. The lowest BCUT2D eigenvalue weighted by Crippen LogP contribution is -2.60. The van der Waals surface area contributed by atoms with Gasteiger partial charge in [0.15, 0.2) is 0 Å². The zero-order chi connectivity index (χ0) is 25.4. The molecule has 3 amide bonds. The van der Waals surface area contributed by atoms with Gasteiger partial charge < -0.3 is 29.9 Å². The van der Waals surface area contributed by atoms with Crippen molar-refractivity contribution < 1.29 is 19.1 Å². The number of benzene rings is 1. The number of morpholine rings is 1. The second-order valence-electron chi connectivity index (χ2n) is 10.2. The molecule has 1 unspecified atom stereocenters. The van der Waals surface area contributed by atoms with Crippen LogP contribution in [-0.4, -0.2) is 74.9 Å². The van der Waals surface area contributed by atoms with Crippen molar-refractivity contribution in [1.29, 1.82) is 5.26 Å². The summed E-state index contributed by atoms with van der Waals surface area (Å²) in [7, 11) is 1.65. The molecule has 196 valence electrons. The molecule has 3 aliphatic rings. The minimum atomic E-state index is -0.943. The molecule has 2 aliphatic heterocycles. The van der Waals surface area contributed by atoms with Gasteiger partial charge in [-0.25, -0.2) is 4.79 Å². The molecular formula is C27H39N5O4. The van der Waals surface area contributed by atoms with E-state index in [9.17, 15) is 14.9 Å². The van der Waals surface area contributed by atoms with Crippen LogP contribution in [0, 0.1) is 17.2 Å². The van der Waals surface area contributed by atoms with E-state index in [0.29, 0.717) is 64.6 Å². The molecule has 3 fully saturated rings. The van der Waals surface area contributed by atoms with Crippen molar-refractivity contribution in [2.45, 2.75) is 62.9 Å². The Morgan fingerprint density at radius 1 is 1.17 bits per heavy atom. The molecule has 4 rings (SSSR count). The average Bonchev–Trinajstić information content (AvgIpc) is 2.94. The predicted molar refractivity (Wildman–Crippen MR) is 137 cm³/mol. The van der Waals surface area contributed by atoms with Gasteiger partial charge in [-0.05, 0) is 24.5 Å². The van der Waals surface area contributed by atoms with Crippen LogP contribution in [-0.2, 0) is 9.53 Å². The maximum atomic E-state index is 13.6. The van der Waals surface area contributed by atoms with E-state index in [2.05, 4.69) is 21.6 Å². The van der Waals surface area contributed by atoms with Gasteiger partial charge in [0.05, 0.1) is 26.4 Å². The van der Waals surface area contributed by atoms with E-state index < -0.39 is 11.6 Å². The zero-order valence-electron chi connectivity index (χ0n) is 21.3. The Hall–Kier alpha value is -2.99. The summed E-state index contributed by atoms with van der Waals surface area (Å²) in [6.45, 7) is 3.35. The lowest BCUT2D eigenvalue weighted by Gasteiger charge is -2.40. The van der Waals surface area contributed by atoms with Crippen LogP contribution in [0.15, 0.2) is 24.3 Å². The number of rotatable bonds is 7. The Bertz CT molecular complexity index is 928. The molecule has 9 heteroatoms. The molecule has 1 aromatic rings. The Balaban J connectivity index is 1.41. The maximum absolute atomic E-state index is 13.6. The largest absolute Gasteiger partial charge is 0.497 e. The number of hydrogen-bond acceptors (Lipinski definition) is 6. The van der Waals surface area contributed by atoms with Crippen LogP contribution in [0.1, 0.15) is 51.4 Å². The summed E-state index contributed by atoms with van der Waals surface area (Å²) in [5, 5.41) is 16.2. The van der Waals surface area contributed by atoms with E-state index in [1.807, 2.05) is 24.3 Å². The van der Waals surface area contributed by atoms with Crippen molar-refractivity contribution >= 4 is 17.6 Å². The third kappa shape index (κ3) is 6.61. The van der Waals surface area contributed by atoms with E-state index in [-0.39, 0.29) is 11.9 Å². The van der Waals surface area contributed by atoms with Crippen molar-refractivity contribution in [1.82, 2.24) is 15.5 Å². The molecule has 36 heavy (non-hydrogen) atoms. The highest BCUT2D eigenvalue weighted by atomic mass is 16.5. The lowest BCUT2D eigenvalue weighted by molar-refractivity contribution is -0.125. The molecule has 1 aromatic carbocycles. The first-order valence-electron chi connectivity index (χ1n) is 13.3. The molecule has 2 N–H and O–H groups in total. The standard InChI is InChI=1S/C27H39N5O4/c1-35-23-9-5-8-22(19-23)31-12-10-27(20-28,11-13-31)30-25(33)24(18-21-6-3-2-4-7-21)29-26(34)32-14-16-36-17-15-32/h5,8-9,19,21,24H,2-4,6-7,10-18H2,1H3,(H,29,34)(H,30,33). The number of nitrogens with one attached hydrogen (secondary N) is 2. The van der Waals surface area contributed by atoms with Gasteiger partial charge in [0.1, 0.15) is 17.3 Å². The fourth-order valence-electron chi connectivity index (χ4n) is 5.54. The molecule has 0 spiro atoms. The minimum absolute atomic E-state index is 0.229. The zero-order valence-corrected chi connectivity index (χ0v) is 21.3. The van der Waals surface area contributed by atoms with Crippen molar-refractivity contribution in [3.63, 3.8) is 0 Å². The number of methoxy groups -OCH3 is 1. The average molecular weight is 498 g/mol. The minimum Gasteiger partial charge on any atom is -0.497 e. The van der Waals surface area contributed by atoms with Gasteiger partial charge in [0, 0.05) is 50.8 Å². The van der Waals surface area contributed by atoms with Gasteiger partial charge in [-0.3, -0.25) is 4.79 Å². The van der Waals surface area contributed by atoms with Gasteiger partial charge in [-0.2, -0.15) is 5.26 Å². The quantitative estimate of drug-likeness (QED) is 0.600. The smallest absolute Gasteiger partial charge is 0.318 e. The van der Waals surface area contributed by atoms with Crippen LogP contribution in [0.4, 0.5) is 10.5 Å². The predicted octanol–water partition coefficient (Wildman–Crippen LogP) is 3.05. The first kappa shape index (κ1) is 26.1. The Kier molecular flexibility index (Phi) is 8.92. The third-order valence-corrected chi connectivity index (χ3v) is 7.82. The van der Waals surface area contributed by atoms with Gasteiger partial charge in [0.2, 0.25) is 5.91 Å². The first-order valence-corrected chi connectivity index (χ1v) is 13.3. The Morgan fingerprint density at radius 2 is 1.89 bits per heavy atom. The number of nitriles is 1. The molecule has 9 nitrogen and oxygen atoms in total. The summed E-state index contributed by atoms with van der Waals surface area (Å²) in [6, 6.07) is 9.39. The highest BCUT2D eigenvalue weighted by molar-refractivity contribution is 5.88. The van der Waals surface area contributed by atoms with E-state index in [1.54, 1.807) is 12.0 Å². The molecule has 1 atom stereocenters. The van der Waals surface area contributed by atoms with E-state index in [1.165, 1.54) is 19.3 Å². The van der Waals surface area contributed by atoms with Crippen molar-refractivity contribution in [2.24, 2.45) is 5.92 Å². The SMILES string of the molecule is COc1cccc(N2CCC(C#N)(NC(=O)C(CC3CCCCC3)NC(=O)N3CCOCC3)CC2)c1. The molecule has 0 aromatic heterocycles. The summed E-state index contributed by atoms with van der Waals surface area (Å²) in [5.74, 6) is 0.950. The van der Waals surface area contributed by atoms with Crippen LogP contribution >= 0.6 is 0 Å². The second-order valence-corrected chi connectivity index (χ2v) is 10.2. The fraction of sp³-hybridized carbons (Fsp3) is 0.667. The van der Waals surface area contributed by atoms with E-state index >= 15 is 0 Å².